The van der Waals surface area contributed by atoms with Gasteiger partial charge in [0, 0.05) is 23.5 Å². The minimum Gasteiger partial charge on any atom is -0.264 e. The van der Waals surface area contributed by atoms with Gasteiger partial charge in [-0.05, 0) is 18.2 Å². The zero-order valence-corrected chi connectivity index (χ0v) is 13.9. The average molecular weight is 344 g/mol. The van der Waals surface area contributed by atoms with E-state index < -0.39 is 0 Å². The molecule has 0 N–H and O–H groups in total. The summed E-state index contributed by atoms with van der Waals surface area (Å²) in [6.07, 6.45) is 3.52. The van der Waals surface area contributed by atoms with Gasteiger partial charge in [-0.3, -0.25) is 4.98 Å². The molecular formula is C18H12N6S. The van der Waals surface area contributed by atoms with Gasteiger partial charge in [-0.1, -0.05) is 42.1 Å². The Morgan fingerprint density at radius 2 is 1.88 bits per heavy atom. The molecular weight excluding hydrogens is 332 g/mol. The number of hydrogen-bond donors (Lipinski definition) is 0. The van der Waals surface area contributed by atoms with Crippen LogP contribution < -0.4 is 0 Å². The number of thioether (sulfide) groups is 1. The summed E-state index contributed by atoms with van der Waals surface area (Å²) in [5.41, 5.74) is 3.60. The maximum atomic E-state index is 8.77. The van der Waals surface area contributed by atoms with Crippen LogP contribution in [0, 0.1) is 11.3 Å². The van der Waals surface area contributed by atoms with Gasteiger partial charge in [0.15, 0.2) is 0 Å². The molecule has 1 aromatic carbocycles. The molecule has 4 rings (SSSR count). The van der Waals surface area contributed by atoms with E-state index in [1.807, 2.05) is 48.5 Å². The molecule has 0 fully saturated rings. The van der Waals surface area contributed by atoms with Crippen molar-refractivity contribution in [3.8, 4) is 28.6 Å². The smallest absolute Gasteiger partial charge is 0.254 e. The molecule has 0 bridgehead atoms. The van der Waals surface area contributed by atoms with E-state index in [1.54, 1.807) is 16.9 Å². The van der Waals surface area contributed by atoms with Crippen LogP contribution in [0.25, 0.3) is 28.3 Å². The molecule has 120 valence electrons. The SMILES string of the molecule is N#CCSc1nc2nc(-c3ccccc3)cc(-c3cccnc3)n2n1. The van der Waals surface area contributed by atoms with Crippen molar-refractivity contribution in [3.63, 3.8) is 0 Å². The van der Waals surface area contributed by atoms with E-state index in [2.05, 4.69) is 26.1 Å². The fourth-order valence-electron chi connectivity index (χ4n) is 2.48. The highest BCUT2D eigenvalue weighted by atomic mass is 32.2. The lowest BCUT2D eigenvalue weighted by molar-refractivity contribution is 0.887. The normalized spacial score (nSPS) is 10.7. The standard InChI is InChI=1S/C18H12N6S/c19-8-10-25-18-22-17-21-15(13-5-2-1-3-6-13)11-16(24(17)23-18)14-7-4-9-20-12-14/h1-7,9,11-12H,10H2. The van der Waals surface area contributed by atoms with Crippen molar-refractivity contribution in [2.24, 2.45) is 0 Å². The molecule has 0 aliphatic rings. The highest BCUT2D eigenvalue weighted by Crippen LogP contribution is 2.26. The Kier molecular flexibility index (Phi) is 4.11. The summed E-state index contributed by atoms with van der Waals surface area (Å²) in [4.78, 5) is 13.3. The maximum Gasteiger partial charge on any atom is 0.254 e. The summed E-state index contributed by atoms with van der Waals surface area (Å²) >= 11 is 1.29. The Bertz CT molecular complexity index is 1050. The molecule has 0 saturated heterocycles. The van der Waals surface area contributed by atoms with Gasteiger partial charge in [-0.15, -0.1) is 5.10 Å². The van der Waals surface area contributed by atoms with Crippen molar-refractivity contribution in [2.45, 2.75) is 5.16 Å². The molecule has 25 heavy (non-hydrogen) atoms. The topological polar surface area (TPSA) is 79.8 Å². The Morgan fingerprint density at radius 3 is 2.64 bits per heavy atom. The van der Waals surface area contributed by atoms with Crippen LogP contribution in [0.3, 0.4) is 0 Å². The Hall–Kier alpha value is -3.24. The first-order valence-corrected chi connectivity index (χ1v) is 8.57. The first-order chi connectivity index (χ1) is 12.3. The van der Waals surface area contributed by atoms with E-state index >= 15 is 0 Å². The molecule has 0 atom stereocenters. The van der Waals surface area contributed by atoms with Gasteiger partial charge in [-0.2, -0.15) is 14.8 Å². The third-order valence-electron chi connectivity index (χ3n) is 3.59. The third-order valence-corrected chi connectivity index (χ3v) is 4.29. The van der Waals surface area contributed by atoms with Gasteiger partial charge in [-0.25, -0.2) is 4.98 Å². The number of pyridine rings is 1. The quantitative estimate of drug-likeness (QED) is 0.527. The number of fused-ring (bicyclic) bond motifs is 1. The second-order valence-electron chi connectivity index (χ2n) is 5.19. The van der Waals surface area contributed by atoms with Crippen molar-refractivity contribution >= 4 is 17.5 Å². The molecule has 6 nitrogen and oxygen atoms in total. The van der Waals surface area contributed by atoms with Gasteiger partial charge in [0.05, 0.1) is 23.2 Å². The van der Waals surface area contributed by atoms with Crippen LogP contribution in [0.4, 0.5) is 0 Å². The molecule has 4 aromatic rings. The number of nitrogens with zero attached hydrogens (tertiary/aromatic N) is 6. The Morgan fingerprint density at radius 1 is 1.04 bits per heavy atom. The van der Waals surface area contributed by atoms with E-state index in [0.29, 0.717) is 16.7 Å². The second-order valence-corrected chi connectivity index (χ2v) is 6.13. The second kappa shape index (κ2) is 6.71. The van der Waals surface area contributed by atoms with Crippen LogP contribution in [0.15, 0.2) is 66.1 Å². The summed E-state index contributed by atoms with van der Waals surface area (Å²) in [7, 11) is 0. The molecule has 3 heterocycles. The first kappa shape index (κ1) is 15.3. The van der Waals surface area contributed by atoms with Gasteiger partial charge in [0.2, 0.25) is 5.16 Å². The van der Waals surface area contributed by atoms with Crippen molar-refractivity contribution in [3.05, 3.63) is 60.9 Å². The van der Waals surface area contributed by atoms with Gasteiger partial charge < -0.3 is 0 Å². The van der Waals surface area contributed by atoms with Gasteiger partial charge in [0.25, 0.3) is 5.78 Å². The molecule has 0 spiro atoms. The molecule has 3 aromatic heterocycles. The van der Waals surface area contributed by atoms with Crippen LogP contribution >= 0.6 is 11.8 Å². The van der Waals surface area contributed by atoms with E-state index in [-0.39, 0.29) is 0 Å². The number of hydrogen-bond acceptors (Lipinski definition) is 6. The van der Waals surface area contributed by atoms with Crippen LogP contribution in [0.2, 0.25) is 0 Å². The first-order valence-electron chi connectivity index (χ1n) is 7.58. The van der Waals surface area contributed by atoms with E-state index in [9.17, 15) is 0 Å². The molecule has 0 aliphatic carbocycles. The summed E-state index contributed by atoms with van der Waals surface area (Å²) in [6, 6.07) is 17.9. The number of nitriles is 1. The van der Waals surface area contributed by atoms with Gasteiger partial charge >= 0.3 is 0 Å². The molecule has 7 heteroatoms. The lowest BCUT2D eigenvalue weighted by Crippen LogP contribution is -1.99. The monoisotopic (exact) mass is 344 g/mol. The largest absolute Gasteiger partial charge is 0.264 e. The van der Waals surface area contributed by atoms with Gasteiger partial charge in [0.1, 0.15) is 0 Å². The van der Waals surface area contributed by atoms with E-state index in [1.165, 1.54) is 11.8 Å². The third kappa shape index (κ3) is 3.07. The molecule has 0 aliphatic heterocycles. The fraction of sp³-hybridized carbons (Fsp3) is 0.0556. The van der Waals surface area contributed by atoms with Crippen LogP contribution in [-0.4, -0.2) is 30.3 Å². The highest BCUT2D eigenvalue weighted by molar-refractivity contribution is 7.99. The highest BCUT2D eigenvalue weighted by Gasteiger charge is 2.14. The van der Waals surface area contributed by atoms with Crippen molar-refractivity contribution in [1.29, 1.82) is 5.26 Å². The van der Waals surface area contributed by atoms with Crippen molar-refractivity contribution in [2.75, 3.05) is 5.75 Å². The minimum atomic E-state index is 0.296. The zero-order chi connectivity index (χ0) is 17.1. The number of rotatable bonds is 4. The lowest BCUT2D eigenvalue weighted by Gasteiger charge is -2.07. The molecule has 0 radical (unpaired) electrons. The summed E-state index contributed by atoms with van der Waals surface area (Å²) in [5.74, 6) is 0.797. The van der Waals surface area contributed by atoms with E-state index in [4.69, 9.17) is 5.26 Å². The Balaban J connectivity index is 1.93. The van der Waals surface area contributed by atoms with Crippen LogP contribution in [0.5, 0.6) is 0 Å². The van der Waals surface area contributed by atoms with Crippen LogP contribution in [0.1, 0.15) is 0 Å². The average Bonchev–Trinajstić information content (AvgIpc) is 3.10. The predicted molar refractivity (Wildman–Crippen MR) is 95.8 cm³/mol. The summed E-state index contributed by atoms with van der Waals surface area (Å²) in [6.45, 7) is 0. The van der Waals surface area contributed by atoms with Crippen LogP contribution in [-0.2, 0) is 0 Å². The molecule has 0 saturated carbocycles. The predicted octanol–water partition coefficient (Wildman–Crippen LogP) is 3.47. The summed E-state index contributed by atoms with van der Waals surface area (Å²) in [5, 5.41) is 13.8. The number of benzene rings is 1. The van der Waals surface area contributed by atoms with Crippen molar-refractivity contribution in [1.82, 2.24) is 24.6 Å². The number of aromatic nitrogens is 5. The zero-order valence-electron chi connectivity index (χ0n) is 13.1. The summed E-state index contributed by atoms with van der Waals surface area (Å²) < 4.78 is 1.70. The maximum absolute atomic E-state index is 8.77. The van der Waals surface area contributed by atoms with E-state index in [0.717, 1.165) is 22.5 Å². The van der Waals surface area contributed by atoms with Crippen molar-refractivity contribution < 1.29 is 0 Å². The minimum absolute atomic E-state index is 0.296. The lowest BCUT2D eigenvalue weighted by atomic mass is 10.1. The fourth-order valence-corrected chi connectivity index (χ4v) is 2.96. The molecule has 0 unspecified atom stereocenters. The Labute approximate surface area is 148 Å². The molecule has 0 amide bonds.